The molecular formula is C114H111F2N29O5. The van der Waals surface area contributed by atoms with Crippen LogP contribution >= 0.6 is 0 Å². The molecular weight excluding hydrogens is 1890 g/mol. The van der Waals surface area contributed by atoms with Crippen molar-refractivity contribution < 1.29 is 33.0 Å². The van der Waals surface area contributed by atoms with Crippen LogP contribution in [-0.2, 0) is 51.5 Å². The predicted molar refractivity (Wildman–Crippen MR) is 580 cm³/mol. The number of hydrogen-bond donors (Lipinski definition) is 11. The van der Waals surface area contributed by atoms with Crippen molar-refractivity contribution in [2.24, 2.45) is 29.6 Å². The number of piperidine rings is 1. The number of aliphatic hydroxyl groups is 1. The lowest BCUT2D eigenvalue weighted by atomic mass is 9.95. The van der Waals surface area contributed by atoms with Crippen LogP contribution in [0.2, 0.25) is 0 Å². The smallest absolute Gasteiger partial charge is 0.257 e. The maximum atomic E-state index is 12.9. The molecule has 150 heavy (non-hydrogen) atoms. The van der Waals surface area contributed by atoms with Crippen molar-refractivity contribution in [3.8, 4) is 67.4 Å². The minimum atomic E-state index is -2.46. The second kappa shape index (κ2) is 42.8. The van der Waals surface area contributed by atoms with Crippen LogP contribution in [0.15, 0.2) is 256 Å². The van der Waals surface area contributed by atoms with Gasteiger partial charge in [-0.05, 0) is 212 Å². The maximum absolute atomic E-state index is 12.9. The number of ether oxygens (including phenoxy) is 1. The largest absolute Gasteiger partial charge is 0.396 e. The summed E-state index contributed by atoms with van der Waals surface area (Å²) >= 11 is 0. The van der Waals surface area contributed by atoms with E-state index in [0.717, 1.165) is 213 Å². The van der Waals surface area contributed by atoms with E-state index in [2.05, 4.69) is 151 Å². The Balaban J connectivity index is 0.000000110. The third-order valence-electron chi connectivity index (χ3n) is 28.7. The molecule has 756 valence electrons. The molecule has 3 saturated carbocycles. The van der Waals surface area contributed by atoms with Crippen molar-refractivity contribution in [2.45, 2.75) is 104 Å². The van der Waals surface area contributed by atoms with Crippen LogP contribution in [0, 0.1) is 57.3 Å². The van der Waals surface area contributed by atoms with Gasteiger partial charge in [0.25, 0.3) is 6.43 Å². The number of rotatable bonds is 23. The summed E-state index contributed by atoms with van der Waals surface area (Å²) in [4.78, 5) is 95.1. The average molecular weight is 2010 g/mol. The number of aliphatic hydroxyl groups excluding tert-OH is 1. The van der Waals surface area contributed by atoms with Crippen LogP contribution in [-0.4, -0.2) is 181 Å². The number of amides is 3. The van der Waals surface area contributed by atoms with Crippen molar-refractivity contribution >= 4 is 135 Å². The Kier molecular flexibility index (Phi) is 28.1. The molecule has 2 saturated heterocycles. The number of aromatic nitrogens is 18. The third kappa shape index (κ3) is 21.8. The number of hydrogen-bond acceptors (Lipinski definition) is 28. The third-order valence-corrected chi connectivity index (χ3v) is 28.7. The predicted octanol–water partition coefficient (Wildman–Crippen LogP) is 18.1. The Morgan fingerprint density at radius 2 is 1.07 bits per heavy atom. The molecule has 0 bridgehead atoms. The van der Waals surface area contributed by atoms with E-state index in [1.807, 2.05) is 191 Å². The lowest BCUT2D eigenvalue weighted by Gasteiger charge is -2.35. The quantitative estimate of drug-likeness (QED) is 0.0283. The number of aryl methyl sites for hydroxylation is 5. The molecule has 15 aromatic heterocycles. The molecule has 25 rings (SSSR count). The van der Waals surface area contributed by atoms with E-state index < -0.39 is 13.0 Å². The summed E-state index contributed by atoms with van der Waals surface area (Å²) in [6, 6.07) is 58.6. The van der Waals surface area contributed by atoms with E-state index in [4.69, 9.17) is 33.4 Å². The molecule has 0 spiro atoms. The van der Waals surface area contributed by atoms with Gasteiger partial charge in [-0.15, -0.1) is 0 Å². The minimum absolute atomic E-state index is 0.00654. The fourth-order valence-electron chi connectivity index (χ4n) is 20.0. The van der Waals surface area contributed by atoms with E-state index in [1.165, 1.54) is 29.1 Å². The lowest BCUT2D eigenvalue weighted by Crippen LogP contribution is -2.49. The number of nitrogens with zero attached hydrogens (tertiary/aromatic N) is 19. The van der Waals surface area contributed by atoms with Crippen molar-refractivity contribution in [3.05, 3.63) is 301 Å². The van der Waals surface area contributed by atoms with Crippen molar-refractivity contribution in [3.63, 3.8) is 0 Å². The highest BCUT2D eigenvalue weighted by atomic mass is 19.3. The van der Waals surface area contributed by atoms with Gasteiger partial charge in [0.1, 0.15) is 65.5 Å². The van der Waals surface area contributed by atoms with Crippen LogP contribution in [0.1, 0.15) is 76.4 Å². The monoisotopic (exact) mass is 2000 g/mol. The first-order chi connectivity index (χ1) is 72.9. The van der Waals surface area contributed by atoms with Gasteiger partial charge >= 0.3 is 0 Å². The van der Waals surface area contributed by atoms with Crippen molar-refractivity contribution in [1.82, 2.24) is 99.4 Å². The SMILES string of the molecule is Cc1ccccc1-c1cc2cc(NC(=O)C3[C@H]4CN(C5COC5)C[C@@H]34)ncc2c(N)n1.Cc1ccccc1-c1cc2cc(Nc3cc4n(n3)CC(=O)N(C)CC4)ncc2c(N)n1.Cc1ccccc1-c1cc2cc(Nc3cnn(CC(F)F)c3)ncc2c(N)n1.Cc1ccncc1-c1nc(N)c2cnc(NC(=O)C3CC3)cc2c1-c1cn[nH]c1.Nc1nc(-c2ccccc2CCO)cc2cc(CC[C@H]3C[C@@H]3c3cccnc3)ncc12. The number of H-pyrrole nitrogens is 1. The molecule has 6 aliphatic rings. The molecule has 18 heterocycles. The number of alkyl halides is 2. The Morgan fingerprint density at radius 1 is 0.533 bits per heavy atom. The first-order valence-electron chi connectivity index (χ1n) is 50.0. The fourth-order valence-corrected chi connectivity index (χ4v) is 20.0. The topological polar surface area (TPSA) is 484 Å². The van der Waals surface area contributed by atoms with Gasteiger partial charge in [0.05, 0.1) is 65.8 Å². The number of pyridine rings is 12. The Hall–Kier alpha value is -17.6. The Labute approximate surface area is 861 Å². The van der Waals surface area contributed by atoms with Gasteiger partial charge < -0.3 is 64.7 Å². The van der Waals surface area contributed by atoms with Crippen LogP contribution in [0.4, 0.5) is 72.6 Å². The van der Waals surface area contributed by atoms with E-state index in [-0.39, 0.29) is 42.7 Å². The van der Waals surface area contributed by atoms with E-state index >= 15 is 0 Å². The lowest BCUT2D eigenvalue weighted by molar-refractivity contribution is -0.130. The zero-order valence-corrected chi connectivity index (χ0v) is 83.2. The maximum Gasteiger partial charge on any atom is 0.257 e. The summed E-state index contributed by atoms with van der Waals surface area (Å²) in [6.45, 7) is 12.4. The minimum Gasteiger partial charge on any atom is -0.396 e. The zero-order valence-electron chi connectivity index (χ0n) is 83.2. The molecule has 3 amide bonds. The first-order valence-corrected chi connectivity index (χ1v) is 50.0. The molecule has 3 aliphatic heterocycles. The number of carbonyl (C=O) groups is 3. The molecule has 19 aromatic rings. The zero-order chi connectivity index (χ0) is 103. The number of fused-ring (bicyclic) bond motifs is 7. The number of anilines is 11. The van der Waals surface area contributed by atoms with Gasteiger partial charge in [0.2, 0.25) is 17.7 Å². The molecule has 16 N–H and O–H groups in total. The molecule has 36 heteroatoms. The van der Waals surface area contributed by atoms with Crippen molar-refractivity contribution in [1.29, 1.82) is 0 Å². The van der Waals surface area contributed by atoms with Crippen LogP contribution < -0.4 is 49.9 Å². The van der Waals surface area contributed by atoms with Crippen LogP contribution in [0.25, 0.3) is 121 Å². The fraction of sp³-hybridized carbons (Fsp3) is 0.246. The Morgan fingerprint density at radius 3 is 1.64 bits per heavy atom. The van der Waals surface area contributed by atoms with Gasteiger partial charge in [-0.3, -0.25) is 48.7 Å². The second-order valence-corrected chi connectivity index (χ2v) is 38.9. The van der Waals surface area contributed by atoms with Gasteiger partial charge in [-0.25, -0.2) is 53.6 Å². The number of likely N-dealkylation sites (tertiary alicyclic amines) is 1. The Bertz CT molecular complexity index is 8300. The number of carbonyl (C=O) groups excluding carboxylic acids is 3. The highest BCUT2D eigenvalue weighted by molar-refractivity contribution is 6.09. The number of nitrogen functional groups attached to an aromatic ring is 5. The number of benzene rings is 4. The van der Waals surface area contributed by atoms with Crippen LogP contribution in [0.5, 0.6) is 0 Å². The summed E-state index contributed by atoms with van der Waals surface area (Å²) in [5, 5.41) is 45.7. The van der Waals surface area contributed by atoms with Gasteiger partial charge in [-0.1, -0.05) is 103 Å². The number of halogens is 2. The highest BCUT2D eigenvalue weighted by Crippen LogP contribution is 2.54. The molecule has 5 atom stereocenters. The number of nitrogens with one attached hydrogen (secondary N) is 5. The highest BCUT2D eigenvalue weighted by Gasteiger charge is 2.60. The number of likely N-dealkylation sites (N-methyl/N-ethyl adjacent to an activating group) is 1. The summed E-state index contributed by atoms with van der Waals surface area (Å²) in [6.07, 6.45) is 26.6. The molecule has 4 aromatic carbocycles. The summed E-state index contributed by atoms with van der Waals surface area (Å²) in [5.74, 6) is 7.73. The molecule has 34 nitrogen and oxygen atoms in total. The van der Waals surface area contributed by atoms with E-state index in [0.29, 0.717) is 112 Å². The molecule has 1 unspecified atom stereocenters. The van der Waals surface area contributed by atoms with E-state index in [1.54, 1.807) is 53.0 Å². The van der Waals surface area contributed by atoms with Gasteiger partial charge in [0.15, 0.2) is 5.82 Å². The molecule has 3 aliphatic carbocycles. The molecule has 0 radical (unpaired) electrons. The number of nitrogens with two attached hydrogens (primary N) is 5. The summed E-state index contributed by atoms with van der Waals surface area (Å²) < 4.78 is 33.2. The van der Waals surface area contributed by atoms with Crippen molar-refractivity contribution in [2.75, 3.05) is 96.4 Å². The average Bonchev–Trinajstić information content (AvgIpc) is 1.58. The standard InChI is InChI=1S/C26H26N4O.C24H25N5O2.C23H23N7O.C21H19N7O.C20H18F2N6/c27-26-24-16-29-21(8-7-18-13-23(18)19-5-3-10-28-15-19)12-20(24)14-25(30-26)22-6-2-1-4-17(22)9-11-31;1-13-4-2-3-5-16(13)20-6-14-7-21(26-8-17(14)23(25)27-20)28-24(30)22-18-9-29(10-19(18)22)15-11-31-12-15;1-14-5-3-4-6-17(14)19-9-15-10-20(25-12-18(15)23(24)26-19)27-21-11-16-7-8-29(2)22(31)13-30(16)28-21;1-11-4-5-23-9-15(11)19-18(13-7-25-26-8-13)14-6-17(27-21(29)12-2-3-12)24-10-16(14)20(22)28-19;1-12-4-2-3-5-15(12)17-6-13-7-19(24-9-16(13)20(23)27-17)26-14-8-25-28(10-14)11-18(21)22/h1-6,10,12,14-16,18,23,31H,7-9,11,13H2,(H2,27,30);2-8,15,18-19,22H,9-12H2,1H3,(H2,25,27)(H,26,28,30);3-6,9-12H,7-8,13H2,1-2H3,(H2,24,26)(H,25,27,28);4-10,12H,2-3H2,1H3,(H2,22,28)(H,25,26)(H,24,27,29);2-10,18H,11H2,1H3,(H2,23,27)(H,24,26)/t18-,23-;18-,19+,22?;;;/m0..../s1. The number of aromatic amines is 1. The molecule has 5 fully saturated rings. The van der Waals surface area contributed by atoms with Gasteiger partial charge in [-0.2, -0.15) is 15.3 Å². The normalized spacial score (nSPS) is 16.5. The van der Waals surface area contributed by atoms with Crippen LogP contribution in [0.3, 0.4) is 0 Å². The summed E-state index contributed by atoms with van der Waals surface area (Å²) in [5.41, 5.74) is 51.4. The van der Waals surface area contributed by atoms with E-state index in [9.17, 15) is 28.3 Å². The summed E-state index contributed by atoms with van der Waals surface area (Å²) in [7, 11) is 1.82. The van der Waals surface area contributed by atoms with Gasteiger partial charge in [0, 0.05) is 208 Å². The first kappa shape index (κ1) is 98.4. The second-order valence-electron chi connectivity index (χ2n) is 38.9.